The molecule has 0 bridgehead atoms. The average molecular weight is 371 g/mol. The molecule has 3 N–H and O–H groups in total. The molecule has 1 amide bonds. The number of carbonyl (C=O) groups is 1. The van der Waals surface area contributed by atoms with E-state index in [0.717, 1.165) is 5.52 Å². The summed E-state index contributed by atoms with van der Waals surface area (Å²) in [5.41, 5.74) is 1.40. The van der Waals surface area contributed by atoms with E-state index >= 15 is 0 Å². The Hall–Kier alpha value is -2.84. The Bertz CT molecular complexity index is 965. The number of aliphatic hydroxyl groups excluding tert-OH is 1. The molecule has 1 aliphatic rings. The molecule has 3 aromatic rings. The van der Waals surface area contributed by atoms with Crippen molar-refractivity contribution in [1.82, 2.24) is 15.3 Å². The second-order valence-corrected chi connectivity index (χ2v) is 6.68. The maximum absolute atomic E-state index is 13.2. The van der Waals surface area contributed by atoms with Gasteiger partial charge in [0.25, 0.3) is 0 Å². The quantitative estimate of drug-likeness (QED) is 0.475. The van der Waals surface area contributed by atoms with Gasteiger partial charge >= 0.3 is 11.7 Å². The Morgan fingerprint density at radius 2 is 2.15 bits per heavy atom. The van der Waals surface area contributed by atoms with Crippen molar-refractivity contribution in [1.29, 1.82) is 0 Å². The van der Waals surface area contributed by atoms with E-state index < -0.39 is 11.5 Å². The summed E-state index contributed by atoms with van der Waals surface area (Å²) in [6.07, 6.45) is 4.29. The van der Waals surface area contributed by atoms with Crippen molar-refractivity contribution >= 4 is 11.4 Å². The largest absolute Gasteiger partial charge is 0.394 e. The number of halogens is 1. The zero-order valence-electron chi connectivity index (χ0n) is 14.6. The third kappa shape index (κ3) is 3.29. The highest BCUT2D eigenvalue weighted by Gasteiger charge is 2.37. The fourth-order valence-corrected chi connectivity index (χ4v) is 3.38. The molecular formula is C19H20FN4O3+. The predicted octanol–water partition coefficient (Wildman–Crippen LogP) is 1.23. The van der Waals surface area contributed by atoms with Gasteiger partial charge in [0.2, 0.25) is 5.95 Å². The maximum atomic E-state index is 13.2. The molecular weight excluding hydrogens is 351 g/mol. The fraction of sp³-hybridized carbons (Fsp3) is 0.316. The standard InChI is InChI=1S/C19H19FN4O3/c20-15-5-4-13(11-21-15)16-14-3-1-2-8-24(14)17(22-16)18(26)23-19(12-25)6-9-27-10-7-19/h1-5,8,11,25H,6-7,9-10,12H2,(H,23,26)/p+1. The van der Waals surface area contributed by atoms with Gasteiger partial charge < -0.3 is 15.2 Å². The van der Waals surface area contributed by atoms with Crippen LogP contribution in [0.1, 0.15) is 23.5 Å². The van der Waals surface area contributed by atoms with Crippen molar-refractivity contribution < 1.29 is 23.4 Å². The minimum atomic E-state index is -0.695. The molecule has 0 radical (unpaired) electrons. The van der Waals surface area contributed by atoms with Gasteiger partial charge in [-0.25, -0.2) is 9.97 Å². The zero-order chi connectivity index (χ0) is 18.9. The van der Waals surface area contributed by atoms with Crippen molar-refractivity contribution in [2.75, 3.05) is 19.8 Å². The molecule has 0 saturated carbocycles. The normalized spacial score (nSPS) is 16.4. The number of aromatic amines is 1. The van der Waals surface area contributed by atoms with Gasteiger partial charge in [-0.3, -0.25) is 4.79 Å². The molecule has 140 valence electrons. The summed E-state index contributed by atoms with van der Waals surface area (Å²) in [5.74, 6) is -0.567. The number of aliphatic hydroxyl groups is 1. The van der Waals surface area contributed by atoms with Gasteiger partial charge in [-0.1, -0.05) is 6.07 Å². The van der Waals surface area contributed by atoms with E-state index in [1.165, 1.54) is 12.3 Å². The number of aromatic nitrogens is 3. The van der Waals surface area contributed by atoms with Crippen LogP contribution in [0.2, 0.25) is 0 Å². The summed E-state index contributed by atoms with van der Waals surface area (Å²) in [6.45, 7) is 0.831. The number of nitrogens with one attached hydrogen (secondary N) is 2. The number of ether oxygens (including phenoxy) is 1. The summed E-state index contributed by atoms with van der Waals surface area (Å²) in [6, 6.07) is 8.43. The molecule has 1 aliphatic heterocycles. The van der Waals surface area contributed by atoms with Crippen molar-refractivity contribution in [2.45, 2.75) is 18.4 Å². The van der Waals surface area contributed by atoms with Crippen LogP contribution in [-0.2, 0) is 4.74 Å². The van der Waals surface area contributed by atoms with E-state index in [1.54, 1.807) is 16.7 Å². The van der Waals surface area contributed by atoms with Crippen molar-refractivity contribution in [3.63, 3.8) is 0 Å². The first-order chi connectivity index (χ1) is 13.1. The van der Waals surface area contributed by atoms with E-state index in [-0.39, 0.29) is 12.5 Å². The molecule has 4 rings (SSSR count). The second-order valence-electron chi connectivity index (χ2n) is 6.68. The van der Waals surface area contributed by atoms with Gasteiger partial charge in [0, 0.05) is 25.0 Å². The topological polar surface area (TPSA) is 91.3 Å². The monoisotopic (exact) mass is 371 g/mol. The van der Waals surface area contributed by atoms with Crippen LogP contribution in [0.3, 0.4) is 0 Å². The lowest BCUT2D eigenvalue weighted by molar-refractivity contribution is -0.514. The number of hydrogen-bond acceptors (Lipinski definition) is 4. The summed E-state index contributed by atoms with van der Waals surface area (Å²) in [7, 11) is 0. The van der Waals surface area contributed by atoms with Crippen LogP contribution in [0.5, 0.6) is 0 Å². The van der Waals surface area contributed by atoms with Crippen molar-refractivity contribution in [3.8, 4) is 11.3 Å². The SMILES string of the molecule is O=C(NC1(CO)CCOCC1)c1[nH]c(-c2ccc(F)nc2)c2cccc[n+]12. The van der Waals surface area contributed by atoms with Gasteiger partial charge in [0.15, 0.2) is 11.2 Å². The fourth-order valence-electron chi connectivity index (χ4n) is 3.38. The first kappa shape index (κ1) is 17.6. The van der Waals surface area contributed by atoms with Gasteiger partial charge in [-0.15, -0.1) is 0 Å². The van der Waals surface area contributed by atoms with Gasteiger partial charge in [-0.2, -0.15) is 8.79 Å². The molecule has 0 unspecified atom stereocenters. The maximum Gasteiger partial charge on any atom is 0.351 e. The number of fused-ring (bicyclic) bond motifs is 1. The zero-order valence-corrected chi connectivity index (χ0v) is 14.6. The van der Waals surface area contributed by atoms with Crippen LogP contribution < -0.4 is 9.72 Å². The summed E-state index contributed by atoms with van der Waals surface area (Å²) >= 11 is 0. The Labute approximate surface area is 154 Å². The van der Waals surface area contributed by atoms with Crippen LogP contribution in [0.4, 0.5) is 4.39 Å². The van der Waals surface area contributed by atoms with Crippen LogP contribution in [0.25, 0.3) is 16.8 Å². The van der Waals surface area contributed by atoms with E-state index in [2.05, 4.69) is 15.3 Å². The lowest BCUT2D eigenvalue weighted by Crippen LogP contribution is -2.55. The molecule has 0 spiro atoms. The van der Waals surface area contributed by atoms with Crippen molar-refractivity contribution in [3.05, 3.63) is 54.5 Å². The molecule has 0 aliphatic carbocycles. The number of imidazole rings is 1. The second kappa shape index (κ2) is 7.05. The molecule has 1 saturated heterocycles. The number of H-pyrrole nitrogens is 1. The van der Waals surface area contributed by atoms with Crippen molar-refractivity contribution in [2.24, 2.45) is 0 Å². The molecule has 8 heteroatoms. The number of pyridine rings is 2. The summed E-state index contributed by atoms with van der Waals surface area (Å²) in [5, 5.41) is 12.8. The summed E-state index contributed by atoms with van der Waals surface area (Å²) in [4.78, 5) is 19.8. The number of rotatable bonds is 4. The summed E-state index contributed by atoms with van der Waals surface area (Å²) < 4.78 is 20.2. The van der Waals surface area contributed by atoms with E-state index in [0.29, 0.717) is 43.1 Å². The molecule has 7 nitrogen and oxygen atoms in total. The highest BCUT2D eigenvalue weighted by atomic mass is 19.1. The number of carbonyl (C=O) groups excluding carboxylic acids is 1. The molecule has 1 fully saturated rings. The van der Waals surface area contributed by atoms with Gasteiger partial charge in [0.05, 0.1) is 18.3 Å². The van der Waals surface area contributed by atoms with E-state index in [9.17, 15) is 14.3 Å². The smallest absolute Gasteiger partial charge is 0.351 e. The number of amides is 1. The number of nitrogens with zero attached hydrogens (tertiary/aromatic N) is 2. The molecule has 3 aromatic heterocycles. The highest BCUT2D eigenvalue weighted by molar-refractivity contribution is 5.92. The van der Waals surface area contributed by atoms with Crippen LogP contribution in [-0.4, -0.2) is 46.3 Å². The van der Waals surface area contributed by atoms with E-state index in [4.69, 9.17) is 4.74 Å². The minimum Gasteiger partial charge on any atom is -0.394 e. The number of hydrogen-bond donors (Lipinski definition) is 3. The van der Waals surface area contributed by atoms with Crippen LogP contribution in [0, 0.1) is 5.95 Å². The first-order valence-corrected chi connectivity index (χ1v) is 8.77. The minimum absolute atomic E-state index is 0.153. The van der Waals surface area contributed by atoms with Crippen LogP contribution >= 0.6 is 0 Å². The third-order valence-electron chi connectivity index (χ3n) is 4.96. The first-order valence-electron chi connectivity index (χ1n) is 8.77. The molecule has 27 heavy (non-hydrogen) atoms. The molecule has 0 aromatic carbocycles. The Balaban J connectivity index is 1.73. The Kier molecular flexibility index (Phi) is 4.59. The molecule has 0 atom stereocenters. The van der Waals surface area contributed by atoms with E-state index in [1.807, 2.05) is 18.2 Å². The third-order valence-corrected chi connectivity index (χ3v) is 4.96. The molecule has 4 heterocycles. The Morgan fingerprint density at radius 1 is 1.33 bits per heavy atom. The van der Waals surface area contributed by atoms with Gasteiger partial charge in [0.1, 0.15) is 0 Å². The van der Waals surface area contributed by atoms with Gasteiger partial charge in [-0.05, 0) is 37.1 Å². The Morgan fingerprint density at radius 3 is 2.85 bits per heavy atom. The lowest BCUT2D eigenvalue weighted by atomic mass is 9.91. The predicted molar refractivity (Wildman–Crippen MR) is 94.5 cm³/mol. The average Bonchev–Trinajstić information content (AvgIpc) is 3.09. The lowest BCUT2D eigenvalue weighted by Gasteiger charge is -2.35. The highest BCUT2D eigenvalue weighted by Crippen LogP contribution is 2.23. The van der Waals surface area contributed by atoms with Crippen LogP contribution in [0.15, 0.2) is 42.7 Å².